The maximum absolute atomic E-state index is 12.4. The molecule has 7 nitrogen and oxygen atoms in total. The Labute approximate surface area is 141 Å². The third kappa shape index (κ3) is 4.33. The van der Waals surface area contributed by atoms with Crippen LogP contribution in [0.2, 0.25) is 0 Å². The predicted molar refractivity (Wildman–Crippen MR) is 88.2 cm³/mol. The topological polar surface area (TPSA) is 104 Å². The molecular formula is C16H22N2O5S. The molecule has 2 N–H and O–H groups in total. The van der Waals surface area contributed by atoms with Crippen molar-refractivity contribution in [3.05, 3.63) is 29.8 Å². The lowest BCUT2D eigenvalue weighted by atomic mass is 9.96. The number of carboxylic acid groups (broad SMARTS) is 1. The Morgan fingerprint density at radius 3 is 2.17 bits per heavy atom. The van der Waals surface area contributed by atoms with Crippen LogP contribution in [0.15, 0.2) is 29.2 Å². The van der Waals surface area contributed by atoms with E-state index in [-0.39, 0.29) is 16.8 Å². The number of benzene rings is 1. The zero-order valence-corrected chi connectivity index (χ0v) is 14.5. The highest BCUT2D eigenvalue weighted by molar-refractivity contribution is 7.89. The monoisotopic (exact) mass is 354 g/mol. The number of piperidine rings is 1. The van der Waals surface area contributed by atoms with E-state index in [9.17, 15) is 18.0 Å². The summed E-state index contributed by atoms with van der Waals surface area (Å²) in [5, 5.41) is 8.98. The van der Waals surface area contributed by atoms with Gasteiger partial charge in [0, 0.05) is 24.7 Å². The van der Waals surface area contributed by atoms with Gasteiger partial charge in [-0.15, -0.1) is 0 Å². The second-order valence-electron chi connectivity index (χ2n) is 6.21. The lowest BCUT2D eigenvalue weighted by Gasteiger charge is -2.30. The predicted octanol–water partition coefficient (Wildman–Crippen LogP) is 1.31. The van der Waals surface area contributed by atoms with Crippen molar-refractivity contribution in [1.82, 2.24) is 9.62 Å². The average molecular weight is 354 g/mol. The Balaban J connectivity index is 2.06. The summed E-state index contributed by atoms with van der Waals surface area (Å²) in [5.41, 5.74) is 0.396. The standard InChI is InChI=1S/C16H22N2O5S/c1-11(2)17-24(22,23)14-5-3-12(4-6-14)15(19)18-9-7-13(8-10-18)16(20)21/h3-6,11,13,17H,7-10H2,1-2H3,(H,20,21). The van der Waals surface area contributed by atoms with Crippen LogP contribution in [0.25, 0.3) is 0 Å². The number of nitrogens with zero attached hydrogens (tertiary/aromatic N) is 1. The van der Waals surface area contributed by atoms with Gasteiger partial charge in [0.15, 0.2) is 0 Å². The highest BCUT2D eigenvalue weighted by Gasteiger charge is 2.27. The van der Waals surface area contributed by atoms with Gasteiger partial charge < -0.3 is 10.0 Å². The number of carbonyl (C=O) groups is 2. The van der Waals surface area contributed by atoms with Gasteiger partial charge in [-0.3, -0.25) is 9.59 Å². The number of likely N-dealkylation sites (tertiary alicyclic amines) is 1. The Morgan fingerprint density at radius 1 is 1.17 bits per heavy atom. The highest BCUT2D eigenvalue weighted by atomic mass is 32.2. The van der Waals surface area contributed by atoms with Crippen LogP contribution >= 0.6 is 0 Å². The minimum absolute atomic E-state index is 0.109. The summed E-state index contributed by atoms with van der Waals surface area (Å²) >= 11 is 0. The Morgan fingerprint density at radius 2 is 1.71 bits per heavy atom. The van der Waals surface area contributed by atoms with Gasteiger partial charge in [-0.1, -0.05) is 0 Å². The van der Waals surface area contributed by atoms with Crippen molar-refractivity contribution in [2.45, 2.75) is 37.6 Å². The van der Waals surface area contributed by atoms with E-state index in [1.807, 2.05) is 0 Å². The molecule has 8 heteroatoms. The third-order valence-corrected chi connectivity index (χ3v) is 5.61. The largest absolute Gasteiger partial charge is 0.481 e. The molecule has 132 valence electrons. The number of carbonyl (C=O) groups excluding carboxylic acids is 1. The Kier molecular flexibility index (Phi) is 5.61. The van der Waals surface area contributed by atoms with Gasteiger partial charge >= 0.3 is 5.97 Å². The number of aliphatic carboxylic acids is 1. The minimum atomic E-state index is -3.58. The summed E-state index contributed by atoms with van der Waals surface area (Å²) in [6.07, 6.45) is 0.873. The molecule has 1 saturated heterocycles. The molecule has 1 fully saturated rings. The summed E-state index contributed by atoms with van der Waals surface area (Å²) in [7, 11) is -3.58. The molecule has 0 saturated carbocycles. The van der Waals surface area contributed by atoms with E-state index in [1.165, 1.54) is 24.3 Å². The van der Waals surface area contributed by atoms with Crippen LogP contribution in [0.3, 0.4) is 0 Å². The molecule has 0 aromatic heterocycles. The van der Waals surface area contributed by atoms with Crippen LogP contribution in [0.4, 0.5) is 0 Å². The van der Waals surface area contributed by atoms with Crippen molar-refractivity contribution in [2.24, 2.45) is 5.92 Å². The SMILES string of the molecule is CC(C)NS(=O)(=O)c1ccc(C(=O)N2CCC(C(=O)O)CC2)cc1. The second-order valence-corrected chi connectivity index (χ2v) is 7.92. The molecule has 0 atom stereocenters. The molecule has 1 heterocycles. The number of hydrogen-bond acceptors (Lipinski definition) is 4. The molecule has 24 heavy (non-hydrogen) atoms. The number of hydrogen-bond donors (Lipinski definition) is 2. The first-order chi connectivity index (χ1) is 11.2. The summed E-state index contributed by atoms with van der Waals surface area (Å²) in [6.45, 7) is 4.25. The van der Waals surface area contributed by atoms with E-state index >= 15 is 0 Å². The average Bonchev–Trinajstić information content (AvgIpc) is 2.53. The molecule has 1 aliphatic rings. The Hall–Kier alpha value is -1.93. The van der Waals surface area contributed by atoms with E-state index in [2.05, 4.69) is 4.72 Å². The second kappa shape index (κ2) is 7.31. The summed E-state index contributed by atoms with van der Waals surface area (Å²) < 4.78 is 26.6. The van der Waals surface area contributed by atoms with Gasteiger partial charge in [-0.25, -0.2) is 13.1 Å². The summed E-state index contributed by atoms with van der Waals surface area (Å²) in [4.78, 5) is 25.1. The molecule has 1 aromatic rings. The fourth-order valence-electron chi connectivity index (χ4n) is 2.67. The maximum Gasteiger partial charge on any atom is 0.306 e. The van der Waals surface area contributed by atoms with Gasteiger partial charge in [-0.05, 0) is 51.0 Å². The molecule has 0 spiro atoms. The van der Waals surface area contributed by atoms with E-state index < -0.39 is 21.9 Å². The van der Waals surface area contributed by atoms with Crippen LogP contribution in [0.5, 0.6) is 0 Å². The van der Waals surface area contributed by atoms with E-state index in [4.69, 9.17) is 5.11 Å². The van der Waals surface area contributed by atoms with Crippen LogP contribution < -0.4 is 4.72 Å². The molecule has 2 rings (SSSR count). The zero-order valence-electron chi connectivity index (χ0n) is 13.7. The van der Waals surface area contributed by atoms with Crippen molar-refractivity contribution < 1.29 is 23.1 Å². The fourth-order valence-corrected chi connectivity index (χ4v) is 3.92. The first kappa shape index (κ1) is 18.4. The number of carboxylic acids is 1. The van der Waals surface area contributed by atoms with Crippen LogP contribution in [0.1, 0.15) is 37.0 Å². The van der Waals surface area contributed by atoms with Gasteiger partial charge in [0.05, 0.1) is 10.8 Å². The minimum Gasteiger partial charge on any atom is -0.481 e. The van der Waals surface area contributed by atoms with E-state index in [0.717, 1.165) is 0 Å². The van der Waals surface area contributed by atoms with Gasteiger partial charge in [-0.2, -0.15) is 0 Å². The lowest BCUT2D eigenvalue weighted by Crippen LogP contribution is -2.40. The molecule has 1 aromatic carbocycles. The van der Waals surface area contributed by atoms with Crippen molar-refractivity contribution in [3.8, 4) is 0 Å². The van der Waals surface area contributed by atoms with Gasteiger partial charge in [0.1, 0.15) is 0 Å². The van der Waals surface area contributed by atoms with E-state index in [1.54, 1.807) is 18.7 Å². The maximum atomic E-state index is 12.4. The van der Waals surface area contributed by atoms with Crippen molar-refractivity contribution >= 4 is 21.9 Å². The normalized spacial score (nSPS) is 16.4. The summed E-state index contributed by atoms with van der Waals surface area (Å²) in [6, 6.07) is 5.57. The first-order valence-corrected chi connectivity index (χ1v) is 9.33. The molecule has 0 unspecified atom stereocenters. The highest BCUT2D eigenvalue weighted by Crippen LogP contribution is 2.20. The van der Waals surface area contributed by atoms with Crippen LogP contribution in [-0.4, -0.2) is 49.4 Å². The summed E-state index contributed by atoms with van der Waals surface area (Å²) in [5.74, 6) is -1.43. The molecule has 1 aliphatic heterocycles. The molecular weight excluding hydrogens is 332 g/mol. The van der Waals surface area contributed by atoms with Gasteiger partial charge in [0.25, 0.3) is 5.91 Å². The molecule has 0 radical (unpaired) electrons. The smallest absolute Gasteiger partial charge is 0.306 e. The van der Waals surface area contributed by atoms with Crippen molar-refractivity contribution in [1.29, 1.82) is 0 Å². The Bertz CT molecular complexity index is 704. The van der Waals surface area contributed by atoms with E-state index in [0.29, 0.717) is 31.5 Å². The first-order valence-electron chi connectivity index (χ1n) is 7.85. The quantitative estimate of drug-likeness (QED) is 0.830. The molecule has 0 aliphatic carbocycles. The number of rotatable bonds is 5. The zero-order chi connectivity index (χ0) is 17.9. The molecule has 1 amide bonds. The van der Waals surface area contributed by atoms with Crippen molar-refractivity contribution in [2.75, 3.05) is 13.1 Å². The number of sulfonamides is 1. The molecule has 0 bridgehead atoms. The fraction of sp³-hybridized carbons (Fsp3) is 0.500. The van der Waals surface area contributed by atoms with Gasteiger partial charge in [0.2, 0.25) is 10.0 Å². The van der Waals surface area contributed by atoms with Crippen molar-refractivity contribution in [3.63, 3.8) is 0 Å². The number of amides is 1. The van der Waals surface area contributed by atoms with Crippen LogP contribution in [0, 0.1) is 5.92 Å². The van der Waals surface area contributed by atoms with Crippen LogP contribution in [-0.2, 0) is 14.8 Å². The lowest BCUT2D eigenvalue weighted by molar-refractivity contribution is -0.143. The third-order valence-electron chi connectivity index (χ3n) is 3.93. The number of nitrogens with one attached hydrogen (secondary N) is 1.